The summed E-state index contributed by atoms with van der Waals surface area (Å²) >= 11 is 0. The minimum Gasteiger partial charge on any atom is -0.316 e. The highest BCUT2D eigenvalue weighted by Crippen LogP contribution is 2.44. The molecule has 0 saturated carbocycles. The highest BCUT2D eigenvalue weighted by atomic mass is 15.2. The van der Waals surface area contributed by atoms with Crippen LogP contribution in [0.3, 0.4) is 0 Å². The van der Waals surface area contributed by atoms with Gasteiger partial charge in [-0.25, -0.2) is 4.99 Å². The van der Waals surface area contributed by atoms with Crippen LogP contribution in [-0.4, -0.2) is 24.1 Å². The van der Waals surface area contributed by atoms with Crippen molar-refractivity contribution in [2.75, 3.05) is 0 Å². The summed E-state index contributed by atoms with van der Waals surface area (Å²) in [6.45, 7) is 2.31. The Morgan fingerprint density at radius 1 is 0.462 bits per heavy atom. The smallest absolute Gasteiger partial charge is 0.134 e. The predicted octanol–water partition coefficient (Wildman–Crippen LogP) is 15.2. The third-order valence-corrected chi connectivity index (χ3v) is 14.3. The first-order valence-corrected chi connectivity index (χ1v) is 22.9. The molecule has 2 aliphatic rings. The van der Waals surface area contributed by atoms with Gasteiger partial charge in [-0.1, -0.05) is 140 Å². The van der Waals surface area contributed by atoms with Gasteiger partial charge in [0.25, 0.3) is 0 Å². The fourth-order valence-electron chi connectivity index (χ4n) is 11.4. The summed E-state index contributed by atoms with van der Waals surface area (Å²) in [5.74, 6) is 1.10. The number of nitrogens with zero attached hydrogens (tertiary/aromatic N) is 5. The van der Waals surface area contributed by atoms with E-state index in [-0.39, 0.29) is 12.1 Å². The Bertz CT molecular complexity index is 3980. The van der Waals surface area contributed by atoms with Crippen LogP contribution in [0.5, 0.6) is 0 Å². The van der Waals surface area contributed by atoms with E-state index in [1.165, 1.54) is 104 Å². The molecule has 0 fully saturated rings. The zero-order valence-corrected chi connectivity index (χ0v) is 35.9. The number of rotatable bonds is 4. The van der Waals surface area contributed by atoms with Crippen LogP contribution in [0.2, 0.25) is 0 Å². The molecule has 65 heavy (non-hydrogen) atoms. The van der Waals surface area contributed by atoms with Crippen LogP contribution >= 0.6 is 0 Å². The monoisotopic (exact) mass is 833 g/mol. The van der Waals surface area contributed by atoms with Crippen LogP contribution in [0.4, 0.5) is 0 Å². The van der Waals surface area contributed by atoms with Crippen molar-refractivity contribution < 1.29 is 0 Å². The van der Waals surface area contributed by atoms with Crippen LogP contribution in [0, 0.1) is 5.92 Å². The molecule has 2 unspecified atom stereocenters. The van der Waals surface area contributed by atoms with Gasteiger partial charge in [0.05, 0.1) is 38.6 Å². The second kappa shape index (κ2) is 13.9. The molecule has 4 aromatic heterocycles. The molecular formula is C60H43N5. The molecule has 2 atom stereocenters. The van der Waals surface area contributed by atoms with Gasteiger partial charge in [0.15, 0.2) is 0 Å². The molecule has 0 saturated heterocycles. The normalized spacial score (nSPS) is 16.2. The van der Waals surface area contributed by atoms with Gasteiger partial charge in [0.1, 0.15) is 12.0 Å². The van der Waals surface area contributed by atoms with Gasteiger partial charge >= 0.3 is 0 Å². The van der Waals surface area contributed by atoms with Crippen LogP contribution in [0.25, 0.3) is 105 Å². The summed E-state index contributed by atoms with van der Waals surface area (Å²) in [6, 6.07) is 67.0. The Kier molecular flexibility index (Phi) is 7.79. The number of allylic oxidation sites excluding steroid dienone is 2. The Morgan fingerprint density at radius 3 is 1.82 bits per heavy atom. The van der Waals surface area contributed by atoms with E-state index in [4.69, 9.17) is 4.99 Å². The summed E-state index contributed by atoms with van der Waals surface area (Å²) in [6.07, 6.45) is 11.1. The quantitative estimate of drug-likeness (QED) is 0.169. The van der Waals surface area contributed by atoms with Gasteiger partial charge in [-0.15, -0.1) is 0 Å². The zero-order valence-electron chi connectivity index (χ0n) is 35.9. The van der Waals surface area contributed by atoms with Crippen molar-refractivity contribution >= 4 is 88.2 Å². The number of hydrogen-bond donors (Lipinski definition) is 0. The van der Waals surface area contributed by atoms with Crippen molar-refractivity contribution in [3.63, 3.8) is 0 Å². The van der Waals surface area contributed by atoms with Crippen LogP contribution in [0.15, 0.2) is 205 Å². The lowest BCUT2D eigenvalue weighted by Crippen LogP contribution is -2.22. The van der Waals surface area contributed by atoms with Crippen molar-refractivity contribution in [1.29, 1.82) is 0 Å². The molecule has 8 aromatic carbocycles. The molecule has 5 heterocycles. The topological polar surface area (TPSA) is 32.1 Å². The molecule has 1 aliphatic carbocycles. The average Bonchev–Trinajstić information content (AvgIpc) is 4.09. The first-order chi connectivity index (χ1) is 32.2. The van der Waals surface area contributed by atoms with Crippen molar-refractivity contribution in [3.05, 3.63) is 211 Å². The van der Waals surface area contributed by atoms with Gasteiger partial charge in [-0.3, -0.25) is 4.57 Å². The van der Waals surface area contributed by atoms with E-state index in [0.29, 0.717) is 0 Å². The zero-order chi connectivity index (χ0) is 42.8. The summed E-state index contributed by atoms with van der Waals surface area (Å²) in [4.78, 5) is 5.74. The van der Waals surface area contributed by atoms with Gasteiger partial charge in [0, 0.05) is 71.8 Å². The highest BCUT2D eigenvalue weighted by Gasteiger charge is 2.28. The molecule has 14 rings (SSSR count). The fourth-order valence-corrected chi connectivity index (χ4v) is 11.4. The summed E-state index contributed by atoms with van der Waals surface area (Å²) in [5.41, 5.74) is 15.8. The van der Waals surface area contributed by atoms with Gasteiger partial charge in [-0.05, 0) is 91.2 Å². The van der Waals surface area contributed by atoms with Crippen molar-refractivity contribution in [2.24, 2.45) is 10.9 Å². The molecular weight excluding hydrogens is 791 g/mol. The Labute approximate surface area is 375 Å². The van der Waals surface area contributed by atoms with Crippen LogP contribution < -0.4 is 0 Å². The van der Waals surface area contributed by atoms with E-state index in [2.05, 4.69) is 231 Å². The summed E-state index contributed by atoms with van der Waals surface area (Å²) < 4.78 is 9.83. The lowest BCUT2D eigenvalue weighted by Gasteiger charge is -2.27. The number of dihydropyridines is 1. The number of fused-ring (bicyclic) bond motifs is 12. The maximum atomic E-state index is 5.74. The minimum absolute atomic E-state index is 0.148. The third kappa shape index (κ3) is 5.24. The number of aromatic nitrogens is 4. The molecule has 0 amide bonds. The first-order valence-electron chi connectivity index (χ1n) is 22.9. The lowest BCUT2D eigenvalue weighted by atomic mass is 9.99. The van der Waals surface area contributed by atoms with Gasteiger partial charge in [-0.2, -0.15) is 0 Å². The second-order valence-corrected chi connectivity index (χ2v) is 17.8. The van der Waals surface area contributed by atoms with E-state index in [0.717, 1.165) is 24.4 Å². The second-order valence-electron chi connectivity index (χ2n) is 17.8. The largest absolute Gasteiger partial charge is 0.316 e. The molecule has 0 radical (unpaired) electrons. The number of para-hydroxylation sites is 6. The standard InChI is InChI=1S/C60H43N5/c1-38-30-35-58(64-53-27-12-7-20-45(53)46-21-8-13-28-54(46)64)61-60(38)65-55-29-14-9-22-47(55)48-24-15-23-42(59(48)65)39-31-33-56-49(36-39)50-37-41(32-34-57(50)62(56)40-16-3-2-4-17-40)63-51-25-10-5-18-43(51)44-19-6-11-26-52(44)63/h2-10,12-25,27-38,60H,11,26H2,1H3. The van der Waals surface area contributed by atoms with Crippen LogP contribution in [0.1, 0.15) is 30.8 Å². The van der Waals surface area contributed by atoms with Crippen LogP contribution in [-0.2, 0) is 6.42 Å². The fraction of sp³-hybridized carbons (Fsp3) is 0.0833. The Hall–Kier alpha value is -8.15. The summed E-state index contributed by atoms with van der Waals surface area (Å²) in [7, 11) is 0. The molecule has 12 aromatic rings. The molecule has 1 aliphatic heterocycles. The lowest BCUT2D eigenvalue weighted by molar-refractivity contribution is 0.442. The first kappa shape index (κ1) is 36.3. The van der Waals surface area contributed by atoms with Gasteiger partial charge < -0.3 is 13.7 Å². The maximum absolute atomic E-state index is 5.74. The van der Waals surface area contributed by atoms with E-state index in [1.807, 2.05) is 0 Å². The van der Waals surface area contributed by atoms with E-state index in [1.54, 1.807) is 0 Å². The van der Waals surface area contributed by atoms with E-state index < -0.39 is 0 Å². The predicted molar refractivity (Wildman–Crippen MR) is 273 cm³/mol. The minimum atomic E-state index is -0.179. The highest BCUT2D eigenvalue weighted by molar-refractivity contribution is 6.18. The molecule has 0 N–H and O–H groups in total. The average molecular weight is 834 g/mol. The summed E-state index contributed by atoms with van der Waals surface area (Å²) in [5, 5.41) is 8.73. The molecule has 0 spiro atoms. The molecule has 0 bridgehead atoms. The molecule has 5 heteroatoms. The van der Waals surface area contributed by atoms with Crippen molar-refractivity contribution in [3.8, 4) is 22.5 Å². The van der Waals surface area contributed by atoms with Gasteiger partial charge in [0.2, 0.25) is 0 Å². The van der Waals surface area contributed by atoms with Crippen molar-refractivity contribution in [2.45, 2.75) is 25.9 Å². The number of benzene rings is 8. The molecule has 308 valence electrons. The molecule has 5 nitrogen and oxygen atoms in total. The number of aliphatic imine (C=N–C) groups is 1. The SMILES string of the molecule is CC1C=CC(n2c3ccccc3c3ccccc32)=NC1n1c2ccccc2c2cccc(-c3ccc4c(c3)c3cc(-n5c6c(c7ccccc75)C=CCC6)ccc3n4-c3ccccc3)c21. The Balaban J connectivity index is 1.01. The van der Waals surface area contributed by atoms with E-state index >= 15 is 0 Å². The Morgan fingerprint density at radius 2 is 1.06 bits per heavy atom. The number of hydrogen-bond acceptors (Lipinski definition) is 1. The van der Waals surface area contributed by atoms with Crippen molar-refractivity contribution in [1.82, 2.24) is 18.3 Å². The third-order valence-electron chi connectivity index (χ3n) is 14.3. The van der Waals surface area contributed by atoms with E-state index in [9.17, 15) is 0 Å². The maximum Gasteiger partial charge on any atom is 0.134 e.